The average molecular weight is 362 g/mol. The molecule has 0 spiro atoms. The van der Waals surface area contributed by atoms with E-state index < -0.39 is 12.2 Å². The molecular formula is C21H30O5. The summed E-state index contributed by atoms with van der Waals surface area (Å²) in [6, 6.07) is 0. The van der Waals surface area contributed by atoms with E-state index in [0.717, 1.165) is 29.6 Å². The van der Waals surface area contributed by atoms with E-state index in [2.05, 4.69) is 13.8 Å². The van der Waals surface area contributed by atoms with E-state index in [0.29, 0.717) is 12.8 Å². The molecule has 1 N–H and O–H groups in total. The molecule has 0 saturated heterocycles. The molecule has 0 aromatic rings. The van der Waals surface area contributed by atoms with Crippen LogP contribution in [-0.4, -0.2) is 35.4 Å². The van der Waals surface area contributed by atoms with Gasteiger partial charge in [0.2, 0.25) is 0 Å². The minimum absolute atomic E-state index is 0.0623. The van der Waals surface area contributed by atoms with Crippen LogP contribution in [0.1, 0.15) is 60.3 Å². The lowest BCUT2D eigenvalue weighted by Gasteiger charge is -2.54. The molecule has 0 aromatic carbocycles. The van der Waals surface area contributed by atoms with Gasteiger partial charge in [0.25, 0.3) is 0 Å². The van der Waals surface area contributed by atoms with E-state index in [-0.39, 0.29) is 35.3 Å². The summed E-state index contributed by atoms with van der Waals surface area (Å²) in [7, 11) is 0. The quantitative estimate of drug-likeness (QED) is 0.616. The Kier molecular flexibility index (Phi) is 5.04. The number of fused-ring (bicyclic) bond motifs is 2. The Morgan fingerprint density at radius 3 is 2.77 bits per heavy atom. The Labute approximate surface area is 155 Å². The van der Waals surface area contributed by atoms with Gasteiger partial charge in [-0.05, 0) is 62.4 Å². The van der Waals surface area contributed by atoms with E-state index in [9.17, 15) is 14.7 Å². The van der Waals surface area contributed by atoms with Crippen molar-refractivity contribution in [1.29, 1.82) is 0 Å². The molecular weight excluding hydrogens is 332 g/mol. The first-order valence-corrected chi connectivity index (χ1v) is 9.63. The molecule has 144 valence electrons. The van der Waals surface area contributed by atoms with E-state index in [4.69, 9.17) is 9.47 Å². The fraction of sp³-hybridized carbons (Fsp3) is 0.714. The van der Waals surface area contributed by atoms with Crippen LogP contribution in [0.15, 0.2) is 22.8 Å². The lowest BCUT2D eigenvalue weighted by Crippen LogP contribution is -2.56. The third-order valence-corrected chi connectivity index (χ3v) is 7.01. The maximum atomic E-state index is 12.2. The maximum Gasteiger partial charge on any atom is 0.334 e. The SMILES string of the molecule is CCC(C)=CC(=O)OC1CC(C)C2(C)CC3=C(C)C(=O)OC3CC2C1O. The van der Waals surface area contributed by atoms with Crippen LogP contribution in [0.5, 0.6) is 0 Å². The second kappa shape index (κ2) is 6.84. The minimum Gasteiger partial charge on any atom is -0.456 e. The fourth-order valence-electron chi connectivity index (χ4n) is 4.83. The third-order valence-electron chi connectivity index (χ3n) is 7.01. The van der Waals surface area contributed by atoms with Gasteiger partial charge in [0.05, 0.1) is 6.10 Å². The van der Waals surface area contributed by atoms with Crippen LogP contribution in [-0.2, 0) is 19.1 Å². The van der Waals surface area contributed by atoms with Crippen molar-refractivity contribution in [2.75, 3.05) is 0 Å². The van der Waals surface area contributed by atoms with Gasteiger partial charge in [-0.15, -0.1) is 0 Å². The molecule has 1 aliphatic heterocycles. The lowest BCUT2D eigenvalue weighted by atomic mass is 9.53. The van der Waals surface area contributed by atoms with Crippen molar-refractivity contribution in [3.8, 4) is 0 Å². The number of aliphatic hydroxyl groups is 1. The summed E-state index contributed by atoms with van der Waals surface area (Å²) in [6.07, 6.45) is 2.79. The second-order valence-corrected chi connectivity index (χ2v) is 8.52. The molecule has 2 aliphatic carbocycles. The molecule has 0 amide bonds. The predicted octanol–water partition coefficient (Wildman–Crippen LogP) is 3.31. The van der Waals surface area contributed by atoms with Crippen LogP contribution < -0.4 is 0 Å². The zero-order valence-corrected chi connectivity index (χ0v) is 16.4. The molecule has 5 heteroatoms. The number of ether oxygens (including phenoxy) is 2. The van der Waals surface area contributed by atoms with Crippen LogP contribution in [0.25, 0.3) is 0 Å². The second-order valence-electron chi connectivity index (χ2n) is 8.52. The Morgan fingerprint density at radius 1 is 1.42 bits per heavy atom. The Morgan fingerprint density at radius 2 is 2.12 bits per heavy atom. The summed E-state index contributed by atoms with van der Waals surface area (Å²) in [5, 5.41) is 11.0. The topological polar surface area (TPSA) is 72.8 Å². The first kappa shape index (κ1) is 19.2. The summed E-state index contributed by atoms with van der Waals surface area (Å²) < 4.78 is 11.1. The van der Waals surface area contributed by atoms with Crippen molar-refractivity contribution in [3.63, 3.8) is 0 Å². The van der Waals surface area contributed by atoms with Crippen molar-refractivity contribution >= 4 is 11.9 Å². The molecule has 0 radical (unpaired) electrons. The van der Waals surface area contributed by atoms with Gasteiger partial charge in [0.15, 0.2) is 0 Å². The third kappa shape index (κ3) is 3.11. The predicted molar refractivity (Wildman–Crippen MR) is 97.1 cm³/mol. The van der Waals surface area contributed by atoms with Gasteiger partial charge in [-0.3, -0.25) is 0 Å². The van der Waals surface area contributed by atoms with Crippen LogP contribution in [0.2, 0.25) is 0 Å². The highest BCUT2D eigenvalue weighted by Gasteiger charge is 2.56. The molecule has 0 bridgehead atoms. The highest BCUT2D eigenvalue weighted by atomic mass is 16.6. The molecule has 6 unspecified atom stereocenters. The van der Waals surface area contributed by atoms with Crippen molar-refractivity contribution in [1.82, 2.24) is 0 Å². The van der Waals surface area contributed by atoms with Crippen molar-refractivity contribution in [2.45, 2.75) is 78.6 Å². The largest absolute Gasteiger partial charge is 0.456 e. The lowest BCUT2D eigenvalue weighted by molar-refractivity contribution is -0.178. The first-order chi connectivity index (χ1) is 12.2. The molecule has 1 heterocycles. The standard InChI is InChI=1S/C21H30O5/c1-6-11(2)7-18(22)25-17-8-12(3)21(5)10-14-13(4)20(24)26-16(14)9-15(21)19(17)23/h7,12,15-17,19,23H,6,8-10H2,1-5H3. The maximum absolute atomic E-state index is 12.2. The van der Waals surface area contributed by atoms with Crippen LogP contribution >= 0.6 is 0 Å². The van der Waals surface area contributed by atoms with Gasteiger partial charge in [-0.25, -0.2) is 9.59 Å². The van der Waals surface area contributed by atoms with E-state index >= 15 is 0 Å². The summed E-state index contributed by atoms with van der Waals surface area (Å²) in [6.45, 7) is 10.0. The number of carbonyl (C=O) groups excluding carboxylic acids is 2. The Balaban J connectivity index is 1.80. The summed E-state index contributed by atoms with van der Waals surface area (Å²) >= 11 is 0. The number of esters is 2. The zero-order valence-electron chi connectivity index (χ0n) is 16.4. The van der Waals surface area contributed by atoms with E-state index in [1.807, 2.05) is 20.8 Å². The summed E-state index contributed by atoms with van der Waals surface area (Å²) in [5.74, 6) is -0.420. The average Bonchev–Trinajstić information content (AvgIpc) is 2.85. The van der Waals surface area contributed by atoms with Crippen molar-refractivity contribution in [3.05, 3.63) is 22.8 Å². The normalized spacial score (nSPS) is 40.0. The van der Waals surface area contributed by atoms with Crippen LogP contribution in [0.4, 0.5) is 0 Å². The molecule has 5 nitrogen and oxygen atoms in total. The molecule has 3 aliphatic rings. The van der Waals surface area contributed by atoms with E-state index in [1.165, 1.54) is 6.08 Å². The van der Waals surface area contributed by atoms with Gasteiger partial charge in [0.1, 0.15) is 12.2 Å². The molecule has 26 heavy (non-hydrogen) atoms. The fourth-order valence-corrected chi connectivity index (χ4v) is 4.83. The van der Waals surface area contributed by atoms with Gasteiger partial charge < -0.3 is 14.6 Å². The van der Waals surface area contributed by atoms with Gasteiger partial charge in [-0.1, -0.05) is 26.3 Å². The summed E-state index contributed by atoms with van der Waals surface area (Å²) in [4.78, 5) is 24.1. The first-order valence-electron chi connectivity index (χ1n) is 9.63. The van der Waals surface area contributed by atoms with Crippen molar-refractivity contribution < 1.29 is 24.2 Å². The Bertz CT molecular complexity index is 676. The number of hydrogen-bond acceptors (Lipinski definition) is 5. The molecule has 2 saturated carbocycles. The molecule has 0 aromatic heterocycles. The molecule has 2 fully saturated rings. The highest BCUT2D eigenvalue weighted by molar-refractivity contribution is 5.91. The molecule has 6 atom stereocenters. The van der Waals surface area contributed by atoms with Gasteiger partial charge >= 0.3 is 11.9 Å². The highest BCUT2D eigenvalue weighted by Crippen LogP contribution is 2.57. The monoisotopic (exact) mass is 362 g/mol. The summed E-state index contributed by atoms with van der Waals surface area (Å²) in [5.41, 5.74) is 2.65. The van der Waals surface area contributed by atoms with Crippen LogP contribution in [0, 0.1) is 17.3 Å². The Hall–Kier alpha value is -1.62. The zero-order chi connectivity index (χ0) is 19.2. The van der Waals surface area contributed by atoms with E-state index in [1.54, 1.807) is 0 Å². The number of carbonyl (C=O) groups is 2. The molecule has 3 rings (SSSR count). The smallest absolute Gasteiger partial charge is 0.334 e. The number of allylic oxidation sites excluding steroid dienone is 1. The number of aliphatic hydroxyl groups excluding tert-OH is 1. The number of rotatable bonds is 3. The van der Waals surface area contributed by atoms with Crippen molar-refractivity contribution in [2.24, 2.45) is 17.3 Å². The minimum atomic E-state index is -0.739. The van der Waals surface area contributed by atoms with Gasteiger partial charge in [-0.2, -0.15) is 0 Å². The number of hydrogen-bond donors (Lipinski definition) is 1. The van der Waals surface area contributed by atoms with Gasteiger partial charge in [0, 0.05) is 11.6 Å². The van der Waals surface area contributed by atoms with Crippen LogP contribution in [0.3, 0.4) is 0 Å².